The number of nitrogens with one attached hydrogen (secondary N) is 1. The second-order valence-electron chi connectivity index (χ2n) is 6.99. The smallest absolute Gasteiger partial charge is 0.0900 e. The second kappa shape index (κ2) is 6.12. The molecule has 1 aliphatic heterocycles. The van der Waals surface area contributed by atoms with Gasteiger partial charge in [-0.05, 0) is 54.4 Å². The quantitative estimate of drug-likeness (QED) is 0.922. The third-order valence-electron chi connectivity index (χ3n) is 4.28. The predicted molar refractivity (Wildman–Crippen MR) is 87.5 cm³/mol. The summed E-state index contributed by atoms with van der Waals surface area (Å²) in [4.78, 5) is 8.62. The molecule has 4 heteroatoms. The molecule has 1 saturated heterocycles. The van der Waals surface area contributed by atoms with Gasteiger partial charge in [-0.25, -0.2) is 4.98 Å². The molecule has 20 heavy (non-hydrogen) atoms. The van der Waals surface area contributed by atoms with E-state index >= 15 is 0 Å². The molecule has 0 bridgehead atoms. The highest BCUT2D eigenvalue weighted by Gasteiger charge is 2.28. The second-order valence-corrected chi connectivity index (χ2v) is 8.40. The van der Waals surface area contributed by atoms with Gasteiger partial charge in [-0.2, -0.15) is 0 Å². The predicted octanol–water partition coefficient (Wildman–Crippen LogP) is 3.67. The van der Waals surface area contributed by atoms with Gasteiger partial charge in [0.25, 0.3) is 0 Å². The van der Waals surface area contributed by atoms with Crippen molar-refractivity contribution in [1.29, 1.82) is 0 Å². The first-order valence-electron chi connectivity index (χ1n) is 7.72. The third kappa shape index (κ3) is 3.80. The summed E-state index contributed by atoms with van der Waals surface area (Å²) in [5.74, 6) is 0. The summed E-state index contributed by atoms with van der Waals surface area (Å²) < 4.78 is 0. The van der Waals surface area contributed by atoms with Gasteiger partial charge >= 0.3 is 0 Å². The lowest BCUT2D eigenvalue weighted by molar-refractivity contribution is 0.0941. The Balaban J connectivity index is 1.88. The molecule has 1 aliphatic rings. The number of hydrogen-bond acceptors (Lipinski definition) is 4. The van der Waals surface area contributed by atoms with Gasteiger partial charge in [0.2, 0.25) is 0 Å². The van der Waals surface area contributed by atoms with E-state index in [1.54, 1.807) is 11.3 Å². The summed E-state index contributed by atoms with van der Waals surface area (Å²) in [5, 5.41) is 4.95. The van der Waals surface area contributed by atoms with Crippen molar-refractivity contribution in [2.45, 2.75) is 72.0 Å². The molecular formula is C16H29N3S. The molecule has 1 fully saturated rings. The summed E-state index contributed by atoms with van der Waals surface area (Å²) in [5.41, 5.74) is 1.55. The van der Waals surface area contributed by atoms with Crippen LogP contribution >= 0.6 is 11.3 Å². The summed E-state index contributed by atoms with van der Waals surface area (Å²) in [6.45, 7) is 15.8. The maximum atomic E-state index is 4.68. The van der Waals surface area contributed by atoms with Crippen molar-refractivity contribution in [2.75, 3.05) is 13.1 Å². The maximum absolute atomic E-state index is 4.68. The van der Waals surface area contributed by atoms with Crippen LogP contribution in [0.5, 0.6) is 0 Å². The van der Waals surface area contributed by atoms with Gasteiger partial charge in [-0.1, -0.05) is 0 Å². The van der Waals surface area contributed by atoms with Crippen LogP contribution in [-0.4, -0.2) is 34.6 Å². The molecule has 2 rings (SSSR count). The Morgan fingerprint density at radius 3 is 2.30 bits per heavy atom. The van der Waals surface area contributed by atoms with E-state index in [4.69, 9.17) is 0 Å². The van der Waals surface area contributed by atoms with Crippen molar-refractivity contribution in [3.8, 4) is 0 Å². The Bertz CT molecular complexity index is 439. The van der Waals surface area contributed by atoms with Crippen LogP contribution in [0.2, 0.25) is 0 Å². The van der Waals surface area contributed by atoms with Crippen LogP contribution < -0.4 is 5.32 Å². The first-order valence-corrected chi connectivity index (χ1v) is 8.54. The number of thiazole rings is 1. The molecule has 2 heterocycles. The summed E-state index contributed by atoms with van der Waals surface area (Å²) in [6.07, 6.45) is 2.48. The molecule has 0 saturated carbocycles. The number of likely N-dealkylation sites (tertiary alicyclic amines) is 1. The topological polar surface area (TPSA) is 28.2 Å². The highest BCUT2D eigenvalue weighted by molar-refractivity contribution is 7.11. The number of piperidine rings is 1. The Kier molecular flexibility index (Phi) is 4.88. The molecule has 1 aromatic heterocycles. The van der Waals surface area contributed by atoms with Gasteiger partial charge in [-0.15, -0.1) is 11.3 Å². The minimum Gasteiger partial charge on any atom is -0.306 e. The van der Waals surface area contributed by atoms with Crippen LogP contribution in [0.4, 0.5) is 0 Å². The zero-order chi connectivity index (χ0) is 14.9. The Morgan fingerprint density at radius 1 is 1.25 bits per heavy atom. The van der Waals surface area contributed by atoms with Gasteiger partial charge in [0.1, 0.15) is 0 Å². The number of hydrogen-bond donors (Lipinski definition) is 1. The van der Waals surface area contributed by atoms with Crippen molar-refractivity contribution in [1.82, 2.24) is 15.2 Å². The van der Waals surface area contributed by atoms with Gasteiger partial charge < -0.3 is 5.32 Å². The van der Waals surface area contributed by atoms with Crippen LogP contribution in [-0.2, 0) is 0 Å². The van der Waals surface area contributed by atoms with Crippen LogP contribution in [0.3, 0.4) is 0 Å². The third-order valence-corrected chi connectivity index (χ3v) is 5.18. The van der Waals surface area contributed by atoms with Crippen molar-refractivity contribution in [3.63, 3.8) is 0 Å². The van der Waals surface area contributed by atoms with Crippen LogP contribution in [0.15, 0.2) is 0 Å². The number of nitrogens with zero attached hydrogens (tertiary/aromatic N) is 2. The number of aromatic nitrogens is 1. The lowest BCUT2D eigenvalue weighted by Gasteiger charge is -2.41. The summed E-state index contributed by atoms with van der Waals surface area (Å²) in [6, 6.07) is 0.996. The molecule has 0 radical (unpaired) electrons. The molecule has 3 nitrogen and oxygen atoms in total. The van der Waals surface area contributed by atoms with Crippen LogP contribution in [0, 0.1) is 13.8 Å². The van der Waals surface area contributed by atoms with E-state index < -0.39 is 0 Å². The first kappa shape index (κ1) is 15.9. The van der Waals surface area contributed by atoms with Crippen molar-refractivity contribution in [3.05, 3.63) is 15.6 Å². The molecule has 0 spiro atoms. The van der Waals surface area contributed by atoms with E-state index in [0.29, 0.717) is 17.6 Å². The summed E-state index contributed by atoms with van der Waals surface area (Å²) >= 11 is 1.80. The lowest BCUT2D eigenvalue weighted by Crippen LogP contribution is -2.50. The van der Waals surface area contributed by atoms with Crippen LogP contribution in [0.1, 0.15) is 62.2 Å². The lowest BCUT2D eigenvalue weighted by atomic mass is 9.97. The average Bonchev–Trinajstić information content (AvgIpc) is 2.68. The molecule has 1 unspecified atom stereocenters. The molecule has 1 atom stereocenters. The minimum atomic E-state index is 0.305. The number of aryl methyl sites for hydroxylation is 2. The van der Waals surface area contributed by atoms with E-state index in [9.17, 15) is 0 Å². The van der Waals surface area contributed by atoms with Crippen LogP contribution in [0.25, 0.3) is 0 Å². The highest BCUT2D eigenvalue weighted by atomic mass is 32.1. The molecule has 0 aromatic carbocycles. The van der Waals surface area contributed by atoms with E-state index in [-0.39, 0.29) is 0 Å². The fourth-order valence-corrected chi connectivity index (χ4v) is 4.01. The molecule has 1 N–H and O–H groups in total. The Hall–Kier alpha value is -0.450. The van der Waals surface area contributed by atoms with Gasteiger partial charge in [-0.3, -0.25) is 4.90 Å². The molecule has 0 aliphatic carbocycles. The molecule has 0 amide bonds. The van der Waals surface area contributed by atoms with Gasteiger partial charge in [0.15, 0.2) is 0 Å². The molecule has 1 aromatic rings. The first-order chi connectivity index (χ1) is 9.27. The maximum Gasteiger partial charge on any atom is 0.0900 e. The number of rotatable bonds is 3. The monoisotopic (exact) mass is 295 g/mol. The average molecular weight is 295 g/mol. The van der Waals surface area contributed by atoms with Crippen molar-refractivity contribution < 1.29 is 0 Å². The van der Waals surface area contributed by atoms with E-state index in [1.165, 1.54) is 41.5 Å². The minimum absolute atomic E-state index is 0.305. The fraction of sp³-hybridized carbons (Fsp3) is 0.812. The standard InChI is InChI=1S/C16H29N3S/c1-11(15-12(2)20-13(3)18-15)17-14-7-9-19(10-8-14)16(4,5)6/h11,14,17H,7-10H2,1-6H3. The van der Waals surface area contributed by atoms with E-state index in [1.807, 2.05) is 0 Å². The Morgan fingerprint density at radius 2 is 1.85 bits per heavy atom. The van der Waals surface area contributed by atoms with Crippen molar-refractivity contribution >= 4 is 11.3 Å². The van der Waals surface area contributed by atoms with Crippen molar-refractivity contribution in [2.24, 2.45) is 0 Å². The zero-order valence-electron chi connectivity index (χ0n) is 13.8. The largest absolute Gasteiger partial charge is 0.306 e. The normalized spacial score (nSPS) is 20.3. The SMILES string of the molecule is Cc1nc(C(C)NC2CCN(C(C)(C)C)CC2)c(C)s1. The van der Waals surface area contributed by atoms with E-state index in [2.05, 4.69) is 56.7 Å². The van der Waals surface area contributed by atoms with Gasteiger partial charge in [0, 0.05) is 35.6 Å². The fourth-order valence-electron chi connectivity index (χ4n) is 3.10. The molecular weight excluding hydrogens is 266 g/mol. The highest BCUT2D eigenvalue weighted by Crippen LogP contribution is 2.25. The molecule has 114 valence electrons. The van der Waals surface area contributed by atoms with Gasteiger partial charge in [0.05, 0.1) is 10.7 Å². The summed E-state index contributed by atoms with van der Waals surface area (Å²) in [7, 11) is 0. The van der Waals surface area contributed by atoms with E-state index in [0.717, 1.165) is 0 Å². The zero-order valence-corrected chi connectivity index (χ0v) is 14.6. The Labute approximate surface area is 127 Å².